The number of aromatic nitrogens is 1. The molecule has 0 radical (unpaired) electrons. The lowest BCUT2D eigenvalue weighted by molar-refractivity contribution is -0.134. The zero-order chi connectivity index (χ0) is 20.1. The van der Waals surface area contributed by atoms with E-state index in [1.807, 2.05) is 0 Å². The Morgan fingerprint density at radius 2 is 1.93 bits per heavy atom. The SMILES string of the molecule is CN1CCN(C(=O)CC2CCNCC2Cc2cc(CN3CCCCC3)on2)CC1. The maximum Gasteiger partial charge on any atom is 0.222 e. The van der Waals surface area contributed by atoms with E-state index in [-0.39, 0.29) is 0 Å². The third kappa shape index (κ3) is 5.80. The van der Waals surface area contributed by atoms with Crippen molar-refractivity contribution in [3.8, 4) is 0 Å². The number of hydrogen-bond acceptors (Lipinski definition) is 6. The lowest BCUT2D eigenvalue weighted by Crippen LogP contribution is -2.48. The zero-order valence-electron chi connectivity index (χ0n) is 17.9. The Labute approximate surface area is 174 Å². The Morgan fingerprint density at radius 3 is 2.72 bits per heavy atom. The summed E-state index contributed by atoms with van der Waals surface area (Å²) in [4.78, 5) is 19.7. The highest BCUT2D eigenvalue weighted by Crippen LogP contribution is 2.27. The molecule has 0 aromatic carbocycles. The molecule has 0 bridgehead atoms. The van der Waals surface area contributed by atoms with Gasteiger partial charge in [0.25, 0.3) is 0 Å². The quantitative estimate of drug-likeness (QED) is 0.778. The third-order valence-electron chi connectivity index (χ3n) is 6.97. The zero-order valence-corrected chi connectivity index (χ0v) is 17.9. The molecule has 3 saturated heterocycles. The van der Waals surface area contributed by atoms with Crippen molar-refractivity contribution in [2.24, 2.45) is 11.8 Å². The summed E-state index contributed by atoms with van der Waals surface area (Å²) < 4.78 is 5.64. The van der Waals surface area contributed by atoms with Gasteiger partial charge in [0.15, 0.2) is 5.76 Å². The van der Waals surface area contributed by atoms with E-state index in [2.05, 4.69) is 38.3 Å². The van der Waals surface area contributed by atoms with Crippen LogP contribution in [0.5, 0.6) is 0 Å². The van der Waals surface area contributed by atoms with E-state index in [0.717, 1.165) is 70.1 Å². The summed E-state index contributed by atoms with van der Waals surface area (Å²) in [7, 11) is 2.13. The molecular weight excluding hydrogens is 366 g/mol. The van der Waals surface area contributed by atoms with Gasteiger partial charge in [-0.3, -0.25) is 9.69 Å². The van der Waals surface area contributed by atoms with Crippen LogP contribution >= 0.6 is 0 Å². The van der Waals surface area contributed by atoms with Crippen molar-refractivity contribution in [3.05, 3.63) is 17.5 Å². The lowest BCUT2D eigenvalue weighted by atomic mass is 9.81. The summed E-state index contributed by atoms with van der Waals surface area (Å²) in [5, 5.41) is 7.88. The average molecular weight is 404 g/mol. The highest BCUT2D eigenvalue weighted by atomic mass is 16.5. The minimum atomic E-state index is 0.334. The van der Waals surface area contributed by atoms with E-state index in [0.29, 0.717) is 24.2 Å². The molecule has 2 unspecified atom stereocenters. The smallest absolute Gasteiger partial charge is 0.222 e. The Kier molecular flexibility index (Phi) is 7.21. The maximum absolute atomic E-state index is 12.8. The van der Waals surface area contributed by atoms with Crippen LogP contribution < -0.4 is 5.32 Å². The molecule has 7 nitrogen and oxygen atoms in total. The van der Waals surface area contributed by atoms with E-state index in [1.165, 1.54) is 32.4 Å². The Bertz CT molecular complexity index is 649. The largest absolute Gasteiger partial charge is 0.360 e. The van der Waals surface area contributed by atoms with Crippen molar-refractivity contribution in [3.63, 3.8) is 0 Å². The Balaban J connectivity index is 1.30. The second-order valence-corrected chi connectivity index (χ2v) is 9.23. The van der Waals surface area contributed by atoms with Gasteiger partial charge in [0.1, 0.15) is 0 Å². The monoisotopic (exact) mass is 403 g/mol. The molecule has 7 heteroatoms. The van der Waals surface area contributed by atoms with Crippen molar-refractivity contribution < 1.29 is 9.32 Å². The normalized spacial score (nSPS) is 27.3. The number of likely N-dealkylation sites (N-methyl/N-ethyl adjacent to an activating group) is 1. The molecule has 1 N–H and O–H groups in total. The first kappa shape index (κ1) is 20.8. The fourth-order valence-electron chi connectivity index (χ4n) is 5.03. The van der Waals surface area contributed by atoms with Crippen LogP contribution in [0.4, 0.5) is 0 Å². The molecule has 0 spiro atoms. The van der Waals surface area contributed by atoms with Crippen LogP contribution in [0, 0.1) is 11.8 Å². The molecule has 4 rings (SSSR count). The van der Waals surface area contributed by atoms with Crippen molar-refractivity contribution in [2.75, 3.05) is 59.4 Å². The summed E-state index contributed by atoms with van der Waals surface area (Å²) in [6.07, 6.45) is 6.57. The predicted octanol–water partition coefficient (Wildman–Crippen LogP) is 1.59. The standard InChI is InChI=1S/C22H37N5O2/c1-25-9-11-27(12-10-25)22(28)14-18-5-6-23-16-19(18)13-20-15-21(29-24-20)17-26-7-3-2-4-8-26/h15,18-19,23H,2-14,16-17H2,1H3. The number of nitrogens with one attached hydrogen (secondary N) is 1. The van der Waals surface area contributed by atoms with Crippen LogP contribution in [0.1, 0.15) is 43.6 Å². The number of likely N-dealkylation sites (tertiary alicyclic amines) is 1. The third-order valence-corrected chi connectivity index (χ3v) is 6.97. The number of nitrogens with zero attached hydrogens (tertiary/aromatic N) is 4. The summed E-state index contributed by atoms with van der Waals surface area (Å²) in [5.74, 6) is 2.20. The lowest BCUT2D eigenvalue weighted by Gasteiger charge is -2.36. The number of amides is 1. The molecule has 2 atom stereocenters. The molecule has 1 aromatic rings. The van der Waals surface area contributed by atoms with E-state index in [9.17, 15) is 4.79 Å². The van der Waals surface area contributed by atoms with Crippen LogP contribution in [0.25, 0.3) is 0 Å². The van der Waals surface area contributed by atoms with Gasteiger partial charge in [-0.2, -0.15) is 0 Å². The maximum atomic E-state index is 12.8. The molecule has 0 aliphatic carbocycles. The second-order valence-electron chi connectivity index (χ2n) is 9.23. The molecule has 29 heavy (non-hydrogen) atoms. The van der Waals surface area contributed by atoms with Crippen LogP contribution in [0.15, 0.2) is 10.6 Å². The van der Waals surface area contributed by atoms with Crippen LogP contribution in [0.3, 0.4) is 0 Å². The van der Waals surface area contributed by atoms with Crippen molar-refractivity contribution in [2.45, 2.75) is 45.1 Å². The molecule has 1 aromatic heterocycles. The average Bonchev–Trinajstić information content (AvgIpc) is 3.17. The summed E-state index contributed by atoms with van der Waals surface area (Å²) in [6, 6.07) is 2.14. The molecule has 1 amide bonds. The number of piperidine rings is 2. The molecule has 162 valence electrons. The van der Waals surface area contributed by atoms with Gasteiger partial charge in [0, 0.05) is 38.7 Å². The minimum absolute atomic E-state index is 0.334. The van der Waals surface area contributed by atoms with E-state index in [1.54, 1.807) is 0 Å². The van der Waals surface area contributed by atoms with Crippen molar-refractivity contribution in [1.82, 2.24) is 25.2 Å². The van der Waals surface area contributed by atoms with E-state index < -0.39 is 0 Å². The molecular formula is C22H37N5O2. The highest BCUT2D eigenvalue weighted by Gasteiger charge is 2.30. The molecule has 3 fully saturated rings. The molecule has 3 aliphatic rings. The molecule has 3 aliphatic heterocycles. The minimum Gasteiger partial charge on any atom is -0.360 e. The summed E-state index contributed by atoms with van der Waals surface area (Å²) in [5.41, 5.74) is 1.04. The van der Waals surface area contributed by atoms with Gasteiger partial charge >= 0.3 is 0 Å². The van der Waals surface area contributed by atoms with E-state index >= 15 is 0 Å². The summed E-state index contributed by atoms with van der Waals surface area (Å²) in [6.45, 7) is 8.90. The van der Waals surface area contributed by atoms with E-state index in [4.69, 9.17) is 4.52 Å². The van der Waals surface area contributed by atoms with Gasteiger partial charge < -0.3 is 19.6 Å². The summed E-state index contributed by atoms with van der Waals surface area (Å²) >= 11 is 0. The fraction of sp³-hybridized carbons (Fsp3) is 0.818. The molecule has 0 saturated carbocycles. The highest BCUT2D eigenvalue weighted by molar-refractivity contribution is 5.76. The number of rotatable bonds is 6. The van der Waals surface area contributed by atoms with Crippen LogP contribution in [0.2, 0.25) is 0 Å². The van der Waals surface area contributed by atoms with Crippen molar-refractivity contribution >= 4 is 5.91 Å². The fourth-order valence-corrected chi connectivity index (χ4v) is 5.03. The van der Waals surface area contributed by atoms with Gasteiger partial charge in [-0.25, -0.2) is 0 Å². The number of hydrogen-bond donors (Lipinski definition) is 1. The first-order valence-electron chi connectivity index (χ1n) is 11.5. The Morgan fingerprint density at radius 1 is 1.14 bits per heavy atom. The topological polar surface area (TPSA) is 64.8 Å². The number of carbonyl (C=O) groups excluding carboxylic acids is 1. The van der Waals surface area contributed by atoms with Gasteiger partial charge in [-0.15, -0.1) is 0 Å². The number of carbonyl (C=O) groups is 1. The van der Waals surface area contributed by atoms with Crippen LogP contribution in [-0.2, 0) is 17.8 Å². The van der Waals surface area contributed by atoms with Crippen molar-refractivity contribution in [1.29, 1.82) is 0 Å². The van der Waals surface area contributed by atoms with Gasteiger partial charge in [-0.1, -0.05) is 11.6 Å². The first-order valence-corrected chi connectivity index (χ1v) is 11.5. The number of piperazine rings is 1. The molecule has 4 heterocycles. The van der Waals surface area contributed by atoms with Gasteiger partial charge in [-0.05, 0) is 70.7 Å². The van der Waals surface area contributed by atoms with Gasteiger partial charge in [0.2, 0.25) is 5.91 Å². The second kappa shape index (κ2) is 10.0. The predicted molar refractivity (Wildman–Crippen MR) is 112 cm³/mol. The first-order chi connectivity index (χ1) is 14.2. The van der Waals surface area contributed by atoms with Crippen LogP contribution in [-0.4, -0.2) is 85.2 Å². The Hall–Kier alpha value is -1.44. The van der Waals surface area contributed by atoms with Gasteiger partial charge in [0.05, 0.1) is 12.2 Å².